The van der Waals surface area contributed by atoms with Gasteiger partial charge in [0, 0.05) is 19.5 Å². The van der Waals surface area contributed by atoms with Gasteiger partial charge in [0.2, 0.25) is 0 Å². The highest BCUT2D eigenvalue weighted by Gasteiger charge is 2.29. The first-order chi connectivity index (χ1) is 12.4. The Morgan fingerprint density at radius 3 is 2.88 bits per heavy atom. The summed E-state index contributed by atoms with van der Waals surface area (Å²) >= 11 is 1.25. The highest BCUT2D eigenvalue weighted by Crippen LogP contribution is 2.25. The van der Waals surface area contributed by atoms with E-state index in [4.69, 9.17) is 21.3 Å². The zero-order valence-electron chi connectivity index (χ0n) is 14.9. The van der Waals surface area contributed by atoms with Gasteiger partial charge in [0.25, 0.3) is 11.0 Å². The summed E-state index contributed by atoms with van der Waals surface area (Å²) in [5.41, 5.74) is 11.7. The van der Waals surface area contributed by atoms with Crippen molar-refractivity contribution in [3.8, 4) is 0 Å². The third kappa shape index (κ3) is 5.67. The van der Waals surface area contributed by atoms with E-state index in [2.05, 4.69) is 9.98 Å². The number of piperidine rings is 1. The van der Waals surface area contributed by atoms with Gasteiger partial charge in [-0.3, -0.25) is 4.79 Å². The number of carbonyl (C=O) groups excluding carboxylic acids is 1. The maximum atomic E-state index is 13.0. The van der Waals surface area contributed by atoms with Crippen molar-refractivity contribution in [2.24, 2.45) is 17.4 Å². The highest BCUT2D eigenvalue weighted by molar-refractivity contribution is 7.16. The van der Waals surface area contributed by atoms with Gasteiger partial charge in [0.1, 0.15) is 17.2 Å². The summed E-state index contributed by atoms with van der Waals surface area (Å²) in [6.45, 7) is 3.28. The van der Waals surface area contributed by atoms with Crippen LogP contribution in [0.2, 0.25) is 0 Å². The average Bonchev–Trinajstić information content (AvgIpc) is 2.96. The molecule has 0 radical (unpaired) electrons. The summed E-state index contributed by atoms with van der Waals surface area (Å²) in [4.78, 5) is 33.1. The Morgan fingerprint density at radius 1 is 1.46 bits per heavy atom. The van der Waals surface area contributed by atoms with Gasteiger partial charge in [-0.25, -0.2) is 9.79 Å². The number of aryl methyl sites for hydroxylation is 1. The molecule has 0 spiro atoms. The Bertz CT molecular complexity index is 672. The second-order valence-electron chi connectivity index (χ2n) is 6.29. The Balaban J connectivity index is 2.08. The summed E-state index contributed by atoms with van der Waals surface area (Å²) in [5, 5.41) is 9.17. The van der Waals surface area contributed by atoms with Crippen molar-refractivity contribution in [2.45, 2.75) is 32.6 Å². The van der Waals surface area contributed by atoms with E-state index in [1.807, 2.05) is 6.92 Å². The third-order valence-corrected chi connectivity index (χ3v) is 5.02. The number of amides is 1. The van der Waals surface area contributed by atoms with Crippen molar-refractivity contribution >= 4 is 34.3 Å². The van der Waals surface area contributed by atoms with Crippen molar-refractivity contribution in [2.75, 3.05) is 26.3 Å². The molecule has 1 aliphatic heterocycles. The highest BCUT2D eigenvalue weighted by atomic mass is 32.1. The number of hydrogen-bond acceptors (Lipinski definition) is 5. The van der Waals surface area contributed by atoms with Gasteiger partial charge in [0.05, 0.1) is 6.61 Å². The van der Waals surface area contributed by atoms with E-state index in [0.29, 0.717) is 36.1 Å². The fraction of sp³-hybridized carbons (Fsp3) is 0.625. The molecule has 0 saturated carbocycles. The van der Waals surface area contributed by atoms with Crippen molar-refractivity contribution in [1.82, 2.24) is 9.88 Å². The predicted molar refractivity (Wildman–Crippen MR) is 97.2 cm³/mol. The summed E-state index contributed by atoms with van der Waals surface area (Å²) in [6.07, 6.45) is 3.35. The molecule has 1 aliphatic rings. The van der Waals surface area contributed by atoms with E-state index in [9.17, 15) is 9.59 Å². The van der Waals surface area contributed by atoms with Crippen LogP contribution in [0.15, 0.2) is 0 Å². The number of likely N-dealkylation sites (tertiary alicyclic amines) is 1. The van der Waals surface area contributed by atoms with Crippen molar-refractivity contribution in [1.29, 1.82) is 0 Å². The van der Waals surface area contributed by atoms with Gasteiger partial charge in [-0.1, -0.05) is 18.3 Å². The molecule has 2 rings (SSSR count). The van der Waals surface area contributed by atoms with Crippen LogP contribution < -0.4 is 16.5 Å². The number of carboxylic acids is 1. The molecule has 1 saturated heterocycles. The Morgan fingerprint density at radius 2 is 2.23 bits per heavy atom. The molecule has 144 valence electrons. The molecule has 26 heavy (non-hydrogen) atoms. The lowest BCUT2D eigenvalue weighted by molar-refractivity contribution is -0.355. The molecule has 1 fully saturated rings. The van der Waals surface area contributed by atoms with E-state index in [1.54, 1.807) is 4.90 Å². The van der Waals surface area contributed by atoms with Crippen molar-refractivity contribution in [3.63, 3.8) is 0 Å². The van der Waals surface area contributed by atoms with Gasteiger partial charge >= 0.3 is 11.9 Å². The number of carboxylic acid groups (broad SMARTS) is 1. The predicted octanol–water partition coefficient (Wildman–Crippen LogP) is -0.965. The largest absolute Gasteiger partial charge is 0.480 e. The first kappa shape index (κ1) is 20.1. The second-order valence-corrected chi connectivity index (χ2v) is 7.29. The Hall–Kier alpha value is -2.20. The van der Waals surface area contributed by atoms with Gasteiger partial charge in [-0.2, -0.15) is 0 Å². The number of thiazole rings is 1. The normalized spacial score (nSPS) is 17.1. The number of guanidine groups is 1. The molecule has 0 aromatic carbocycles. The van der Waals surface area contributed by atoms with Crippen LogP contribution in [0, 0.1) is 5.92 Å². The number of carbonyl (C=O) groups is 2. The topological polar surface area (TPSA) is 146 Å². The number of rotatable bonds is 8. The minimum Gasteiger partial charge on any atom is -0.480 e. The van der Waals surface area contributed by atoms with Crippen LogP contribution in [0.1, 0.15) is 41.6 Å². The fourth-order valence-electron chi connectivity index (χ4n) is 2.94. The number of nitrogens with two attached hydrogens (primary N) is 2. The van der Waals surface area contributed by atoms with Crippen LogP contribution in [0.3, 0.4) is 0 Å². The number of ether oxygens (including phenoxy) is 1. The SMILES string of the molecule is CCCc1nc([NH+]=C(N)N)sc1C(=O)N1CCCC(COCC(=O)O)C1. The van der Waals surface area contributed by atoms with Crippen LogP contribution >= 0.6 is 11.3 Å². The standard InChI is InChI=1S/C16H25N5O4S/c1-2-4-11-13(26-16(19-11)20-15(17)18)14(24)21-6-3-5-10(7-21)8-25-9-12(22)23/h10H,2-9H2,1H3,(H,22,23)(H4,17,18,19,20)/p+1. The number of hydrogen-bond donors (Lipinski definition) is 4. The number of aliphatic carboxylic acids is 1. The molecule has 6 N–H and O–H groups in total. The second kappa shape index (κ2) is 9.48. The molecular weight excluding hydrogens is 358 g/mol. The lowest BCUT2D eigenvalue weighted by Crippen LogP contribution is -2.72. The summed E-state index contributed by atoms with van der Waals surface area (Å²) < 4.78 is 5.19. The first-order valence-electron chi connectivity index (χ1n) is 8.64. The van der Waals surface area contributed by atoms with Crippen LogP contribution in [0.25, 0.3) is 0 Å². The van der Waals surface area contributed by atoms with Gasteiger partial charge in [-0.05, 0) is 25.2 Å². The van der Waals surface area contributed by atoms with Crippen LogP contribution in [-0.2, 0) is 16.0 Å². The zero-order valence-corrected chi connectivity index (χ0v) is 15.7. The quantitative estimate of drug-likeness (QED) is 0.333. The summed E-state index contributed by atoms with van der Waals surface area (Å²) in [5.74, 6) is -0.870. The molecular formula is C16H26N5O4S+. The molecule has 9 nitrogen and oxygen atoms in total. The molecule has 1 aromatic rings. The Labute approximate surface area is 156 Å². The minimum absolute atomic E-state index is 0.0365. The van der Waals surface area contributed by atoms with Crippen LogP contribution in [0.4, 0.5) is 5.13 Å². The molecule has 1 amide bonds. The molecule has 1 aromatic heterocycles. The fourth-order valence-corrected chi connectivity index (χ4v) is 3.94. The molecule has 0 aliphatic carbocycles. The molecule has 1 atom stereocenters. The number of nitrogens with zero attached hydrogens (tertiary/aromatic N) is 2. The van der Waals surface area contributed by atoms with Crippen molar-refractivity contribution < 1.29 is 24.4 Å². The lowest BCUT2D eigenvalue weighted by atomic mass is 9.98. The van der Waals surface area contributed by atoms with E-state index < -0.39 is 5.97 Å². The average molecular weight is 384 g/mol. The third-order valence-electron chi connectivity index (χ3n) is 4.01. The monoisotopic (exact) mass is 384 g/mol. The van der Waals surface area contributed by atoms with E-state index in [-0.39, 0.29) is 24.4 Å². The molecule has 1 unspecified atom stereocenters. The van der Waals surface area contributed by atoms with E-state index in [1.165, 1.54) is 11.3 Å². The smallest absolute Gasteiger partial charge is 0.329 e. The Kier molecular flexibility index (Phi) is 7.34. The number of nitrogens with one attached hydrogen (secondary N) is 1. The number of aromatic nitrogens is 1. The molecule has 10 heteroatoms. The van der Waals surface area contributed by atoms with Gasteiger partial charge < -0.3 is 26.2 Å². The zero-order chi connectivity index (χ0) is 19.1. The van der Waals surface area contributed by atoms with Crippen molar-refractivity contribution in [3.05, 3.63) is 10.6 Å². The van der Waals surface area contributed by atoms with E-state index in [0.717, 1.165) is 25.0 Å². The minimum atomic E-state index is -0.987. The lowest BCUT2D eigenvalue weighted by Gasteiger charge is -2.32. The maximum Gasteiger partial charge on any atom is 0.329 e. The van der Waals surface area contributed by atoms with Gasteiger partial charge in [0.15, 0.2) is 0 Å². The maximum absolute atomic E-state index is 13.0. The van der Waals surface area contributed by atoms with Crippen LogP contribution in [0.5, 0.6) is 0 Å². The van der Waals surface area contributed by atoms with E-state index >= 15 is 0 Å². The summed E-state index contributed by atoms with van der Waals surface area (Å²) in [6, 6.07) is 0. The molecule has 2 heterocycles. The molecule has 0 bridgehead atoms. The summed E-state index contributed by atoms with van der Waals surface area (Å²) in [7, 11) is 0. The van der Waals surface area contributed by atoms with Gasteiger partial charge in [-0.15, -0.1) is 4.98 Å². The van der Waals surface area contributed by atoms with Crippen LogP contribution in [-0.4, -0.2) is 59.1 Å². The first-order valence-corrected chi connectivity index (χ1v) is 9.45.